The van der Waals surface area contributed by atoms with Crippen LogP contribution in [-0.4, -0.2) is 54.9 Å². The Hall–Kier alpha value is -0.650. The number of methoxy groups -OCH3 is 1. The number of nitrogens with two attached hydrogens (primary N) is 1. The van der Waals surface area contributed by atoms with Crippen LogP contribution in [0.1, 0.15) is 19.3 Å². The van der Waals surface area contributed by atoms with Crippen molar-refractivity contribution in [2.45, 2.75) is 31.3 Å². The Morgan fingerprint density at radius 1 is 1.73 bits per heavy atom. The van der Waals surface area contributed by atoms with E-state index < -0.39 is 12.0 Å². The third-order valence-electron chi connectivity index (χ3n) is 2.90. The normalized spacial score (nSPS) is 24.3. The summed E-state index contributed by atoms with van der Waals surface area (Å²) in [7, 11) is 1.69. The van der Waals surface area contributed by atoms with Gasteiger partial charge in [0.15, 0.2) is 0 Å². The summed E-state index contributed by atoms with van der Waals surface area (Å²) in [4.78, 5) is 12.8. The topological polar surface area (TPSA) is 75.8 Å². The highest BCUT2D eigenvalue weighted by Crippen LogP contribution is 2.17. The first kappa shape index (κ1) is 12.4. The van der Waals surface area contributed by atoms with E-state index >= 15 is 0 Å². The van der Waals surface area contributed by atoms with Gasteiger partial charge < -0.3 is 15.6 Å². The Bertz CT molecular complexity index is 211. The van der Waals surface area contributed by atoms with Gasteiger partial charge in [-0.25, -0.2) is 0 Å². The number of rotatable bonds is 6. The molecule has 1 aliphatic rings. The molecule has 0 amide bonds. The molecule has 0 saturated carbocycles. The molecular formula is C10H20N2O3. The van der Waals surface area contributed by atoms with Gasteiger partial charge in [0.05, 0.1) is 6.61 Å². The van der Waals surface area contributed by atoms with Crippen molar-refractivity contribution in [3.63, 3.8) is 0 Å². The summed E-state index contributed by atoms with van der Waals surface area (Å²) in [5, 5.41) is 8.66. The molecule has 0 unspecified atom stereocenters. The van der Waals surface area contributed by atoms with Crippen molar-refractivity contribution in [1.82, 2.24) is 4.90 Å². The molecular weight excluding hydrogens is 196 g/mol. The van der Waals surface area contributed by atoms with Gasteiger partial charge in [0.25, 0.3) is 0 Å². The van der Waals surface area contributed by atoms with Crippen LogP contribution in [0.2, 0.25) is 0 Å². The van der Waals surface area contributed by atoms with E-state index in [1.165, 1.54) is 0 Å². The lowest BCUT2D eigenvalue weighted by Gasteiger charge is -2.24. The number of hydrogen-bond acceptors (Lipinski definition) is 4. The van der Waals surface area contributed by atoms with Gasteiger partial charge in [-0.15, -0.1) is 0 Å². The first-order valence-corrected chi connectivity index (χ1v) is 5.36. The van der Waals surface area contributed by atoms with Crippen molar-refractivity contribution >= 4 is 5.97 Å². The smallest absolute Gasteiger partial charge is 0.320 e. The summed E-state index contributed by atoms with van der Waals surface area (Å²) in [6, 6.07) is -0.301. The van der Waals surface area contributed by atoms with E-state index in [9.17, 15) is 4.79 Å². The summed E-state index contributed by atoms with van der Waals surface area (Å²) in [6.45, 7) is 2.50. The Labute approximate surface area is 90.2 Å². The Balaban J connectivity index is 2.28. The molecule has 0 spiro atoms. The summed E-state index contributed by atoms with van der Waals surface area (Å²) in [5.41, 5.74) is 5.46. The summed E-state index contributed by atoms with van der Waals surface area (Å²) >= 11 is 0. The lowest BCUT2D eigenvalue weighted by Crippen LogP contribution is -2.38. The number of carboxylic acid groups (broad SMARTS) is 1. The number of hydrogen-bond donors (Lipinski definition) is 2. The van der Waals surface area contributed by atoms with Crippen LogP contribution in [0.3, 0.4) is 0 Å². The van der Waals surface area contributed by atoms with Crippen molar-refractivity contribution in [1.29, 1.82) is 0 Å². The van der Waals surface area contributed by atoms with Crippen LogP contribution in [0.25, 0.3) is 0 Å². The minimum atomic E-state index is -0.919. The van der Waals surface area contributed by atoms with Gasteiger partial charge in [-0.2, -0.15) is 0 Å². The summed E-state index contributed by atoms with van der Waals surface area (Å²) < 4.78 is 5.12. The minimum absolute atomic E-state index is 0.441. The zero-order valence-electron chi connectivity index (χ0n) is 9.19. The number of nitrogens with zero attached hydrogens (tertiary/aromatic N) is 1. The average Bonchev–Trinajstić information content (AvgIpc) is 2.62. The fraction of sp³-hybridized carbons (Fsp3) is 0.900. The van der Waals surface area contributed by atoms with Gasteiger partial charge in [-0.1, -0.05) is 0 Å². The van der Waals surface area contributed by atoms with Gasteiger partial charge in [-0.3, -0.25) is 9.69 Å². The molecule has 1 heterocycles. The standard InChI is InChI=1S/C10H20N2O3/c1-15-7-8-3-2-5-12(8)6-4-9(11)10(13)14/h8-9H,2-7,11H2,1H3,(H,13,14)/t8-,9+/m0/s1. The average molecular weight is 216 g/mol. The van der Waals surface area contributed by atoms with Crippen molar-refractivity contribution in [3.8, 4) is 0 Å². The van der Waals surface area contributed by atoms with Crippen LogP contribution >= 0.6 is 0 Å². The second kappa shape index (κ2) is 6.05. The number of ether oxygens (including phenoxy) is 1. The number of likely N-dealkylation sites (tertiary alicyclic amines) is 1. The molecule has 1 fully saturated rings. The first-order valence-electron chi connectivity index (χ1n) is 5.36. The molecule has 0 bridgehead atoms. The number of carboxylic acids is 1. The highest BCUT2D eigenvalue weighted by Gasteiger charge is 2.25. The maximum absolute atomic E-state index is 10.5. The Kier molecular flexibility index (Phi) is 5.01. The minimum Gasteiger partial charge on any atom is -0.480 e. The van der Waals surface area contributed by atoms with Crippen LogP contribution in [0, 0.1) is 0 Å². The first-order chi connectivity index (χ1) is 7.15. The van der Waals surface area contributed by atoms with Gasteiger partial charge in [-0.05, 0) is 25.8 Å². The van der Waals surface area contributed by atoms with E-state index in [-0.39, 0.29) is 0 Å². The van der Waals surface area contributed by atoms with Crippen molar-refractivity contribution in [3.05, 3.63) is 0 Å². The largest absolute Gasteiger partial charge is 0.480 e. The fourth-order valence-corrected chi connectivity index (χ4v) is 2.00. The Morgan fingerprint density at radius 2 is 2.47 bits per heavy atom. The van der Waals surface area contributed by atoms with Crippen molar-refractivity contribution < 1.29 is 14.6 Å². The molecule has 1 aliphatic heterocycles. The van der Waals surface area contributed by atoms with Gasteiger partial charge in [0.1, 0.15) is 6.04 Å². The van der Waals surface area contributed by atoms with E-state index in [4.69, 9.17) is 15.6 Å². The highest BCUT2D eigenvalue weighted by atomic mass is 16.5. The zero-order chi connectivity index (χ0) is 11.3. The van der Waals surface area contributed by atoms with Crippen molar-refractivity contribution in [2.75, 3.05) is 26.8 Å². The fourth-order valence-electron chi connectivity index (χ4n) is 2.00. The van der Waals surface area contributed by atoms with Crippen LogP contribution in [-0.2, 0) is 9.53 Å². The third kappa shape index (κ3) is 3.77. The monoisotopic (exact) mass is 216 g/mol. The SMILES string of the molecule is COC[C@@H]1CCCN1CC[C@@H](N)C(=O)O. The molecule has 0 aliphatic carbocycles. The molecule has 5 nitrogen and oxygen atoms in total. The summed E-state index contributed by atoms with van der Waals surface area (Å²) in [6.07, 6.45) is 2.81. The predicted octanol–water partition coefficient (Wildman–Crippen LogP) is -0.101. The van der Waals surface area contributed by atoms with E-state index in [0.717, 1.165) is 32.5 Å². The third-order valence-corrected chi connectivity index (χ3v) is 2.90. The van der Waals surface area contributed by atoms with E-state index in [1.54, 1.807) is 7.11 Å². The van der Waals surface area contributed by atoms with Crippen molar-refractivity contribution in [2.24, 2.45) is 5.73 Å². The van der Waals surface area contributed by atoms with E-state index in [1.807, 2.05) is 0 Å². The van der Waals surface area contributed by atoms with Gasteiger partial charge >= 0.3 is 5.97 Å². The second-order valence-electron chi connectivity index (χ2n) is 4.02. The lowest BCUT2D eigenvalue weighted by atomic mass is 10.2. The van der Waals surface area contributed by atoms with E-state index in [2.05, 4.69) is 4.90 Å². The van der Waals surface area contributed by atoms with Crippen LogP contribution in [0.5, 0.6) is 0 Å². The van der Waals surface area contributed by atoms with Crippen LogP contribution in [0.4, 0.5) is 0 Å². The number of carbonyl (C=O) groups is 1. The van der Waals surface area contributed by atoms with E-state index in [0.29, 0.717) is 12.5 Å². The van der Waals surface area contributed by atoms with Gasteiger partial charge in [0.2, 0.25) is 0 Å². The molecule has 5 heteroatoms. The zero-order valence-corrected chi connectivity index (χ0v) is 9.19. The van der Waals surface area contributed by atoms with Crippen LogP contribution in [0.15, 0.2) is 0 Å². The molecule has 88 valence electrons. The molecule has 1 rings (SSSR count). The second-order valence-corrected chi connectivity index (χ2v) is 4.02. The quantitative estimate of drug-likeness (QED) is 0.648. The maximum Gasteiger partial charge on any atom is 0.320 e. The highest BCUT2D eigenvalue weighted by molar-refractivity contribution is 5.72. The molecule has 0 radical (unpaired) electrons. The van der Waals surface area contributed by atoms with Crippen LogP contribution < -0.4 is 5.73 Å². The van der Waals surface area contributed by atoms with Gasteiger partial charge in [0, 0.05) is 19.7 Å². The molecule has 15 heavy (non-hydrogen) atoms. The molecule has 0 aromatic heterocycles. The molecule has 2 atom stereocenters. The number of aliphatic carboxylic acids is 1. The maximum atomic E-state index is 10.5. The lowest BCUT2D eigenvalue weighted by molar-refractivity contribution is -0.138. The molecule has 0 aromatic rings. The molecule has 1 saturated heterocycles. The Morgan fingerprint density at radius 3 is 3.07 bits per heavy atom. The predicted molar refractivity (Wildman–Crippen MR) is 56.7 cm³/mol. The molecule has 3 N–H and O–H groups in total. The summed E-state index contributed by atoms with van der Waals surface area (Å²) in [5.74, 6) is -0.919. The molecule has 0 aromatic carbocycles.